The van der Waals surface area contributed by atoms with Crippen LogP contribution in [0.2, 0.25) is 0 Å². The zero-order valence-corrected chi connectivity index (χ0v) is 25.8. The fourth-order valence-electron chi connectivity index (χ4n) is 5.20. The Hall–Kier alpha value is -5.15. The van der Waals surface area contributed by atoms with E-state index in [1.165, 1.54) is 16.2 Å². The van der Waals surface area contributed by atoms with Gasteiger partial charge in [0.25, 0.3) is 5.78 Å². The van der Waals surface area contributed by atoms with Gasteiger partial charge in [-0.1, -0.05) is 60.7 Å². The summed E-state index contributed by atoms with van der Waals surface area (Å²) in [4.78, 5) is 33.6. The lowest BCUT2D eigenvalue weighted by atomic mass is 9.95. The van der Waals surface area contributed by atoms with Gasteiger partial charge >= 0.3 is 5.91 Å². The van der Waals surface area contributed by atoms with E-state index >= 15 is 0 Å². The molecule has 1 aliphatic rings. The predicted octanol–water partition coefficient (Wildman–Crippen LogP) is 7.69. The van der Waals surface area contributed by atoms with E-state index in [4.69, 9.17) is 19.2 Å². The molecule has 4 aromatic carbocycles. The third-order valence-corrected chi connectivity index (χ3v) is 8.35. The summed E-state index contributed by atoms with van der Waals surface area (Å²) < 4.78 is 18.2. The summed E-state index contributed by atoms with van der Waals surface area (Å²) in [5, 5.41) is 11.9. The number of rotatable bonds is 11. The second-order valence-corrected chi connectivity index (χ2v) is 11.5. The van der Waals surface area contributed by atoms with Crippen LogP contribution >= 0.6 is 11.3 Å². The van der Waals surface area contributed by atoms with E-state index in [1.54, 1.807) is 30.3 Å². The Labute approximate surface area is 265 Å². The number of Topliss-reactive ketones (excluding diaryl/α,β-unsaturated/α-hetero) is 1. The summed E-state index contributed by atoms with van der Waals surface area (Å²) in [6.45, 7) is 5.35. The molecule has 1 aromatic heterocycles. The first kappa shape index (κ1) is 29.9. The molecule has 1 amide bonds. The standard InChI is InChI=1S/C36H32N2O6S/c1-3-19-43-26-15-13-24(14-16-26)33(39)31-32(25-11-8-12-27(20-25)44-22-23-9-6-5-7-10-23)38(35(41)34(31)40)36-37-29-18-17-28(42-4-2)21-30(29)45-36/h5-18,20-21,32,39H,3-4,19,22H2,1-2H3/b33-31+. The molecule has 1 unspecified atom stereocenters. The summed E-state index contributed by atoms with van der Waals surface area (Å²) >= 11 is 1.28. The van der Waals surface area contributed by atoms with E-state index in [0.29, 0.717) is 58.8 Å². The lowest BCUT2D eigenvalue weighted by Crippen LogP contribution is -2.29. The Morgan fingerprint density at radius 3 is 2.36 bits per heavy atom. The molecule has 2 heterocycles. The van der Waals surface area contributed by atoms with Gasteiger partial charge < -0.3 is 19.3 Å². The molecule has 8 nitrogen and oxygen atoms in total. The Balaban J connectivity index is 1.43. The van der Waals surface area contributed by atoms with E-state index in [0.717, 1.165) is 16.7 Å². The van der Waals surface area contributed by atoms with Gasteiger partial charge in [0.15, 0.2) is 5.13 Å². The smallest absolute Gasteiger partial charge is 0.301 e. The molecule has 6 rings (SSSR count). The van der Waals surface area contributed by atoms with Crippen molar-refractivity contribution in [3.63, 3.8) is 0 Å². The maximum Gasteiger partial charge on any atom is 0.301 e. The third-order valence-electron chi connectivity index (χ3n) is 7.33. The first-order valence-electron chi connectivity index (χ1n) is 14.8. The van der Waals surface area contributed by atoms with Crippen LogP contribution in [-0.2, 0) is 16.2 Å². The van der Waals surface area contributed by atoms with Gasteiger partial charge in [0.1, 0.15) is 29.6 Å². The zero-order chi connectivity index (χ0) is 31.3. The van der Waals surface area contributed by atoms with Crippen LogP contribution in [0.1, 0.15) is 43.0 Å². The summed E-state index contributed by atoms with van der Waals surface area (Å²) in [7, 11) is 0. The summed E-state index contributed by atoms with van der Waals surface area (Å²) in [5.74, 6) is 0.0454. The molecule has 0 radical (unpaired) electrons. The number of carbonyl (C=O) groups is 2. The number of hydrogen-bond acceptors (Lipinski definition) is 8. The van der Waals surface area contributed by atoms with Gasteiger partial charge in [-0.15, -0.1) is 0 Å². The van der Waals surface area contributed by atoms with E-state index in [-0.39, 0.29) is 11.3 Å². The van der Waals surface area contributed by atoms with Crippen LogP contribution in [0.3, 0.4) is 0 Å². The van der Waals surface area contributed by atoms with E-state index in [1.807, 2.05) is 80.6 Å². The molecule has 5 aromatic rings. The van der Waals surface area contributed by atoms with E-state index in [2.05, 4.69) is 0 Å². The minimum Gasteiger partial charge on any atom is -0.507 e. The molecule has 0 saturated carbocycles. The van der Waals surface area contributed by atoms with Gasteiger partial charge in [0.2, 0.25) is 0 Å². The first-order valence-corrected chi connectivity index (χ1v) is 15.6. The number of hydrogen-bond donors (Lipinski definition) is 1. The average molecular weight is 621 g/mol. The van der Waals surface area contributed by atoms with Crippen molar-refractivity contribution < 1.29 is 28.9 Å². The van der Waals surface area contributed by atoms with Crippen molar-refractivity contribution in [3.05, 3.63) is 119 Å². The Kier molecular flexibility index (Phi) is 8.79. The molecular formula is C36H32N2O6S. The topological polar surface area (TPSA) is 98.2 Å². The van der Waals surface area contributed by atoms with Gasteiger partial charge in [-0.25, -0.2) is 4.98 Å². The minimum absolute atomic E-state index is 0.0308. The average Bonchev–Trinajstić information content (AvgIpc) is 3.60. The quantitative estimate of drug-likeness (QED) is 0.0918. The maximum atomic E-state index is 13.8. The Morgan fingerprint density at radius 2 is 1.60 bits per heavy atom. The Morgan fingerprint density at radius 1 is 0.844 bits per heavy atom. The number of thiazole rings is 1. The normalized spacial score (nSPS) is 15.9. The molecule has 45 heavy (non-hydrogen) atoms. The van der Waals surface area contributed by atoms with Crippen LogP contribution in [0.25, 0.3) is 16.0 Å². The molecular weight excluding hydrogens is 588 g/mol. The first-order chi connectivity index (χ1) is 22.0. The summed E-state index contributed by atoms with van der Waals surface area (Å²) in [6.07, 6.45) is 0.859. The zero-order valence-electron chi connectivity index (χ0n) is 24.9. The van der Waals surface area contributed by atoms with Crippen molar-refractivity contribution in [1.82, 2.24) is 4.98 Å². The molecule has 228 valence electrons. The van der Waals surface area contributed by atoms with Gasteiger partial charge in [-0.3, -0.25) is 14.5 Å². The number of aromatic nitrogens is 1. The number of ether oxygens (including phenoxy) is 3. The molecule has 1 atom stereocenters. The number of aliphatic hydroxyl groups excluding tert-OH is 1. The molecule has 0 spiro atoms. The molecule has 0 aliphatic carbocycles. The third kappa shape index (κ3) is 6.25. The van der Waals surface area contributed by atoms with Crippen LogP contribution in [-0.4, -0.2) is 35.0 Å². The highest BCUT2D eigenvalue weighted by molar-refractivity contribution is 7.22. The number of benzene rings is 4. The van der Waals surface area contributed by atoms with E-state index in [9.17, 15) is 14.7 Å². The molecule has 9 heteroatoms. The lowest BCUT2D eigenvalue weighted by Gasteiger charge is -2.23. The van der Waals surface area contributed by atoms with Crippen molar-refractivity contribution in [2.24, 2.45) is 0 Å². The number of nitrogens with zero attached hydrogens (tertiary/aromatic N) is 2. The molecule has 0 bridgehead atoms. The largest absolute Gasteiger partial charge is 0.507 e. The molecule has 1 saturated heterocycles. The SMILES string of the molecule is CCCOc1ccc(/C(O)=C2\C(=O)C(=O)N(c3nc4ccc(OCC)cc4s3)C2c2cccc(OCc3ccccc3)c2)cc1. The number of ketones is 1. The number of amides is 1. The highest BCUT2D eigenvalue weighted by Gasteiger charge is 2.48. The summed E-state index contributed by atoms with van der Waals surface area (Å²) in [6, 6.07) is 28.4. The van der Waals surface area contributed by atoms with Crippen LogP contribution < -0.4 is 19.1 Å². The van der Waals surface area contributed by atoms with E-state index < -0.39 is 17.7 Å². The van der Waals surface area contributed by atoms with Gasteiger partial charge in [-0.2, -0.15) is 0 Å². The van der Waals surface area contributed by atoms with Crippen molar-refractivity contribution in [2.75, 3.05) is 18.1 Å². The van der Waals surface area contributed by atoms with Gasteiger partial charge in [-0.05, 0) is 79.1 Å². The second kappa shape index (κ2) is 13.2. The number of fused-ring (bicyclic) bond motifs is 1. The van der Waals surface area contributed by atoms with Crippen molar-refractivity contribution in [3.8, 4) is 17.2 Å². The molecule has 1 N–H and O–H groups in total. The predicted molar refractivity (Wildman–Crippen MR) is 175 cm³/mol. The van der Waals surface area contributed by atoms with Crippen molar-refractivity contribution >= 4 is 44.1 Å². The fraction of sp³-hybridized carbons (Fsp3) is 0.194. The summed E-state index contributed by atoms with van der Waals surface area (Å²) in [5.41, 5.74) is 2.63. The van der Waals surface area contributed by atoms with Gasteiger partial charge in [0, 0.05) is 5.56 Å². The second-order valence-electron chi connectivity index (χ2n) is 10.4. The highest BCUT2D eigenvalue weighted by atomic mass is 32.1. The highest BCUT2D eigenvalue weighted by Crippen LogP contribution is 2.45. The van der Waals surface area contributed by atoms with Crippen LogP contribution in [0.15, 0.2) is 103 Å². The van der Waals surface area contributed by atoms with Crippen molar-refractivity contribution in [1.29, 1.82) is 0 Å². The van der Waals surface area contributed by atoms with Gasteiger partial charge in [0.05, 0.1) is 35.0 Å². The number of aliphatic hydroxyl groups is 1. The lowest BCUT2D eigenvalue weighted by molar-refractivity contribution is -0.132. The number of carbonyl (C=O) groups excluding carboxylic acids is 2. The molecule has 1 aliphatic heterocycles. The van der Waals surface area contributed by atoms with Crippen LogP contribution in [0.4, 0.5) is 5.13 Å². The molecule has 1 fully saturated rings. The maximum absolute atomic E-state index is 13.8. The Bertz CT molecular complexity index is 1870. The monoisotopic (exact) mass is 620 g/mol. The number of anilines is 1. The van der Waals surface area contributed by atoms with Crippen LogP contribution in [0, 0.1) is 0 Å². The fourth-order valence-corrected chi connectivity index (χ4v) is 6.22. The van der Waals surface area contributed by atoms with Crippen LogP contribution in [0.5, 0.6) is 17.2 Å². The van der Waals surface area contributed by atoms with Crippen molar-refractivity contribution in [2.45, 2.75) is 32.9 Å². The minimum atomic E-state index is -0.951.